The van der Waals surface area contributed by atoms with E-state index in [1.165, 1.54) is 27.3 Å². The molecule has 1 N–H and O–H groups in total. The van der Waals surface area contributed by atoms with Crippen LogP contribution in [-0.2, 0) is 0 Å². The zero-order valence-electron chi connectivity index (χ0n) is 10.9. The fourth-order valence-corrected chi connectivity index (χ4v) is 3.30. The van der Waals surface area contributed by atoms with Gasteiger partial charge in [-0.15, -0.1) is 11.3 Å². The van der Waals surface area contributed by atoms with Gasteiger partial charge in [0.05, 0.1) is 5.54 Å². The minimum atomic E-state index is 0.0432. The fraction of sp³-hybridized carbons (Fsp3) is 0.250. The summed E-state index contributed by atoms with van der Waals surface area (Å²) in [5.74, 6) is 0. The molecule has 0 aliphatic carbocycles. The number of hydrogen-bond donors (Lipinski definition) is 1. The second kappa shape index (κ2) is 3.99. The van der Waals surface area contributed by atoms with Crippen LogP contribution in [0.15, 0.2) is 41.8 Å². The predicted molar refractivity (Wildman–Crippen MR) is 81.1 cm³/mol. The highest BCUT2D eigenvalue weighted by molar-refractivity contribution is 7.13. The van der Waals surface area contributed by atoms with Gasteiger partial charge in [-0.1, -0.05) is 18.2 Å². The molecule has 2 aromatic rings. The molecule has 0 saturated carbocycles. The Morgan fingerprint density at radius 2 is 2.00 bits per heavy atom. The first-order valence-corrected chi connectivity index (χ1v) is 7.09. The maximum Gasteiger partial charge on any atom is 0.0505 e. The summed E-state index contributed by atoms with van der Waals surface area (Å²) in [5, 5.41) is 5.69. The zero-order valence-corrected chi connectivity index (χ0v) is 11.8. The molecule has 0 amide bonds. The van der Waals surface area contributed by atoms with E-state index in [4.69, 9.17) is 0 Å². The number of hydrogen-bond acceptors (Lipinski definition) is 2. The van der Waals surface area contributed by atoms with Crippen molar-refractivity contribution in [3.05, 3.63) is 47.4 Å². The number of nitrogens with one attached hydrogen (secondary N) is 1. The molecule has 1 nitrogen and oxygen atoms in total. The van der Waals surface area contributed by atoms with E-state index in [0.717, 1.165) is 0 Å². The van der Waals surface area contributed by atoms with Crippen molar-refractivity contribution < 1.29 is 0 Å². The van der Waals surface area contributed by atoms with Crippen LogP contribution in [0, 0.1) is 0 Å². The van der Waals surface area contributed by atoms with Crippen LogP contribution in [0.25, 0.3) is 16.0 Å². The van der Waals surface area contributed by atoms with E-state index in [9.17, 15) is 0 Å². The van der Waals surface area contributed by atoms with Gasteiger partial charge in [-0.2, -0.15) is 0 Å². The highest BCUT2D eigenvalue weighted by Gasteiger charge is 2.22. The molecule has 1 aliphatic heterocycles. The molecule has 2 heteroatoms. The summed E-state index contributed by atoms with van der Waals surface area (Å²) >= 11 is 1.79. The number of allylic oxidation sites excluding steroid dienone is 1. The fourth-order valence-electron chi connectivity index (χ4n) is 2.58. The molecule has 1 aromatic carbocycles. The van der Waals surface area contributed by atoms with Gasteiger partial charge in [0, 0.05) is 16.1 Å². The highest BCUT2D eigenvalue weighted by atomic mass is 32.1. The van der Waals surface area contributed by atoms with Gasteiger partial charge in [0.1, 0.15) is 0 Å². The first-order chi connectivity index (χ1) is 8.55. The Bertz CT molecular complexity index is 606. The summed E-state index contributed by atoms with van der Waals surface area (Å²) in [6.45, 7) is 6.60. The molecule has 0 radical (unpaired) electrons. The summed E-state index contributed by atoms with van der Waals surface area (Å²) in [5.41, 5.74) is 5.26. The Morgan fingerprint density at radius 3 is 2.72 bits per heavy atom. The van der Waals surface area contributed by atoms with Crippen molar-refractivity contribution >= 4 is 22.6 Å². The predicted octanol–water partition coefficient (Wildman–Crippen LogP) is 5.02. The van der Waals surface area contributed by atoms with Crippen molar-refractivity contribution in [3.8, 4) is 10.4 Å². The number of anilines is 1. The van der Waals surface area contributed by atoms with E-state index in [1.807, 2.05) is 0 Å². The number of fused-ring (bicyclic) bond motifs is 1. The van der Waals surface area contributed by atoms with E-state index in [0.29, 0.717) is 0 Å². The number of benzene rings is 1. The van der Waals surface area contributed by atoms with E-state index in [1.54, 1.807) is 11.3 Å². The lowest BCUT2D eigenvalue weighted by molar-refractivity contribution is 0.707. The molecule has 2 heterocycles. The van der Waals surface area contributed by atoms with Gasteiger partial charge in [-0.25, -0.2) is 0 Å². The maximum absolute atomic E-state index is 3.57. The minimum Gasteiger partial charge on any atom is -0.376 e. The Kier molecular flexibility index (Phi) is 2.56. The van der Waals surface area contributed by atoms with Crippen LogP contribution >= 0.6 is 11.3 Å². The number of thiophene rings is 1. The highest BCUT2D eigenvalue weighted by Crippen LogP contribution is 2.37. The van der Waals surface area contributed by atoms with Crippen LogP contribution < -0.4 is 5.32 Å². The monoisotopic (exact) mass is 255 g/mol. The summed E-state index contributed by atoms with van der Waals surface area (Å²) in [6, 6.07) is 11.0. The van der Waals surface area contributed by atoms with Crippen molar-refractivity contribution in [1.82, 2.24) is 0 Å². The van der Waals surface area contributed by atoms with Crippen LogP contribution in [-0.4, -0.2) is 5.54 Å². The minimum absolute atomic E-state index is 0.0432. The van der Waals surface area contributed by atoms with Crippen molar-refractivity contribution in [2.24, 2.45) is 0 Å². The molecule has 3 rings (SSSR count). The Morgan fingerprint density at radius 1 is 1.17 bits per heavy atom. The number of rotatable bonds is 1. The lowest BCUT2D eigenvalue weighted by Crippen LogP contribution is -2.31. The Hall–Kier alpha value is -1.54. The van der Waals surface area contributed by atoms with Crippen LogP contribution in [0.2, 0.25) is 0 Å². The SMILES string of the molecule is CC1=CC(C)(C)Nc2ccc(-c3cccs3)cc21. The van der Waals surface area contributed by atoms with Gasteiger partial charge in [0.25, 0.3) is 0 Å². The summed E-state index contributed by atoms with van der Waals surface area (Å²) in [7, 11) is 0. The van der Waals surface area contributed by atoms with Gasteiger partial charge >= 0.3 is 0 Å². The molecule has 1 aliphatic rings. The van der Waals surface area contributed by atoms with E-state index >= 15 is 0 Å². The molecular weight excluding hydrogens is 238 g/mol. The Labute approximate surface area is 112 Å². The lowest BCUT2D eigenvalue weighted by Gasteiger charge is -2.31. The molecule has 0 saturated heterocycles. The third kappa shape index (κ3) is 1.97. The normalized spacial score (nSPS) is 16.7. The largest absolute Gasteiger partial charge is 0.376 e. The smallest absolute Gasteiger partial charge is 0.0505 e. The van der Waals surface area contributed by atoms with E-state index in [2.05, 4.69) is 67.9 Å². The summed E-state index contributed by atoms with van der Waals surface area (Å²) in [4.78, 5) is 1.33. The topological polar surface area (TPSA) is 12.0 Å². The molecule has 0 bridgehead atoms. The quantitative estimate of drug-likeness (QED) is 0.754. The van der Waals surface area contributed by atoms with Crippen molar-refractivity contribution in [1.29, 1.82) is 0 Å². The third-order valence-electron chi connectivity index (χ3n) is 3.28. The molecule has 0 atom stereocenters. The van der Waals surface area contributed by atoms with Crippen LogP contribution in [0.4, 0.5) is 5.69 Å². The van der Waals surface area contributed by atoms with Gasteiger partial charge in [-0.05, 0) is 55.5 Å². The lowest BCUT2D eigenvalue weighted by atomic mass is 9.90. The average Bonchev–Trinajstić information content (AvgIpc) is 2.80. The van der Waals surface area contributed by atoms with E-state index < -0.39 is 0 Å². The van der Waals surface area contributed by atoms with Crippen LogP contribution in [0.1, 0.15) is 26.3 Å². The molecule has 0 spiro atoms. The van der Waals surface area contributed by atoms with Crippen molar-refractivity contribution in [2.45, 2.75) is 26.3 Å². The first kappa shape index (κ1) is 11.5. The second-order valence-corrected chi connectivity index (χ2v) is 6.36. The molecule has 0 fully saturated rings. The van der Waals surface area contributed by atoms with Crippen molar-refractivity contribution in [3.63, 3.8) is 0 Å². The molecule has 92 valence electrons. The molecule has 0 unspecified atom stereocenters. The Balaban J connectivity index is 2.10. The van der Waals surface area contributed by atoms with Crippen molar-refractivity contribution in [2.75, 3.05) is 5.32 Å². The maximum atomic E-state index is 3.57. The zero-order chi connectivity index (χ0) is 12.8. The average molecular weight is 255 g/mol. The van der Waals surface area contributed by atoms with Gasteiger partial charge in [0.2, 0.25) is 0 Å². The van der Waals surface area contributed by atoms with Gasteiger partial charge < -0.3 is 5.32 Å². The van der Waals surface area contributed by atoms with Gasteiger partial charge in [-0.3, -0.25) is 0 Å². The van der Waals surface area contributed by atoms with Crippen LogP contribution in [0.3, 0.4) is 0 Å². The van der Waals surface area contributed by atoms with Gasteiger partial charge in [0.15, 0.2) is 0 Å². The molecular formula is C16H17NS. The van der Waals surface area contributed by atoms with E-state index in [-0.39, 0.29) is 5.54 Å². The third-order valence-corrected chi connectivity index (χ3v) is 4.20. The van der Waals surface area contributed by atoms with Crippen LogP contribution in [0.5, 0.6) is 0 Å². The molecule has 18 heavy (non-hydrogen) atoms. The second-order valence-electron chi connectivity index (χ2n) is 5.41. The molecule has 1 aromatic heterocycles. The summed E-state index contributed by atoms with van der Waals surface area (Å²) < 4.78 is 0. The summed E-state index contributed by atoms with van der Waals surface area (Å²) in [6.07, 6.45) is 2.30. The standard InChI is InChI=1S/C16H17NS/c1-11-10-16(2,3)17-14-7-6-12(9-13(11)14)15-5-4-8-18-15/h4-10,17H,1-3H3. The first-order valence-electron chi connectivity index (χ1n) is 6.21.